The Morgan fingerprint density at radius 2 is 2.14 bits per heavy atom. The van der Waals surface area contributed by atoms with Gasteiger partial charge in [0.1, 0.15) is 0 Å². The molecule has 2 unspecified atom stereocenters. The maximum atomic E-state index is 9.99. The summed E-state index contributed by atoms with van der Waals surface area (Å²) in [4.78, 5) is 0. The molecule has 0 radical (unpaired) electrons. The molecule has 2 atom stereocenters. The second-order valence-corrected chi connectivity index (χ2v) is 4.57. The molecule has 1 aromatic carbocycles. The maximum Gasteiger partial charge on any atom is 0.0830 e. The van der Waals surface area contributed by atoms with E-state index in [1.54, 1.807) is 0 Å². The lowest BCUT2D eigenvalue weighted by atomic mass is 9.94. The minimum absolute atomic E-state index is 0.0861. The molecule has 2 nitrogen and oxygen atoms in total. The van der Waals surface area contributed by atoms with Crippen molar-refractivity contribution in [2.45, 2.75) is 20.0 Å². The van der Waals surface area contributed by atoms with Crippen LogP contribution in [0.5, 0.6) is 0 Å². The number of benzene rings is 1. The Kier molecular flexibility index (Phi) is 4.11. The summed E-state index contributed by atoms with van der Waals surface area (Å²) in [6, 6.07) is 5.91. The maximum absolute atomic E-state index is 9.99. The first-order valence-corrected chi connectivity index (χ1v) is 5.49. The van der Waals surface area contributed by atoms with Gasteiger partial charge in [-0.25, -0.2) is 0 Å². The Labute approximate surface area is 93.3 Å². The molecular formula is C11H16BrNO. The van der Waals surface area contributed by atoms with Crippen LogP contribution in [0.25, 0.3) is 0 Å². The summed E-state index contributed by atoms with van der Waals surface area (Å²) in [5.74, 6) is 0.0861. The van der Waals surface area contributed by atoms with Crippen LogP contribution in [-0.4, -0.2) is 11.7 Å². The van der Waals surface area contributed by atoms with Crippen molar-refractivity contribution < 1.29 is 5.11 Å². The van der Waals surface area contributed by atoms with E-state index in [2.05, 4.69) is 15.9 Å². The van der Waals surface area contributed by atoms with Gasteiger partial charge in [-0.1, -0.05) is 28.9 Å². The molecule has 0 aliphatic carbocycles. The average Bonchev–Trinajstić information content (AvgIpc) is 2.19. The van der Waals surface area contributed by atoms with E-state index in [9.17, 15) is 5.11 Å². The van der Waals surface area contributed by atoms with Gasteiger partial charge in [0.05, 0.1) is 6.10 Å². The molecule has 0 aliphatic heterocycles. The van der Waals surface area contributed by atoms with Crippen LogP contribution in [0, 0.1) is 12.8 Å². The Balaban J connectivity index is 2.99. The van der Waals surface area contributed by atoms with Gasteiger partial charge in [0.2, 0.25) is 0 Å². The first-order valence-electron chi connectivity index (χ1n) is 4.70. The number of halogens is 1. The van der Waals surface area contributed by atoms with Crippen molar-refractivity contribution in [3.05, 3.63) is 33.8 Å². The molecule has 1 aromatic rings. The molecule has 0 amide bonds. The third-order valence-corrected chi connectivity index (χ3v) is 2.96. The van der Waals surface area contributed by atoms with E-state index in [-0.39, 0.29) is 5.92 Å². The van der Waals surface area contributed by atoms with Gasteiger partial charge in [-0.3, -0.25) is 0 Å². The first-order chi connectivity index (χ1) is 6.56. The Morgan fingerprint density at radius 1 is 1.50 bits per heavy atom. The quantitative estimate of drug-likeness (QED) is 0.874. The second-order valence-electron chi connectivity index (χ2n) is 3.66. The lowest BCUT2D eigenvalue weighted by molar-refractivity contribution is 0.121. The van der Waals surface area contributed by atoms with Gasteiger partial charge < -0.3 is 10.8 Å². The second kappa shape index (κ2) is 4.91. The molecule has 0 bridgehead atoms. The molecule has 0 saturated heterocycles. The standard InChI is InChI=1S/C11H16BrNO/c1-7-3-4-9(12)5-10(7)11(14)8(2)6-13/h3-5,8,11,14H,6,13H2,1-2H3. The highest BCUT2D eigenvalue weighted by Crippen LogP contribution is 2.26. The van der Waals surface area contributed by atoms with Gasteiger partial charge in [-0.05, 0) is 42.6 Å². The van der Waals surface area contributed by atoms with Crippen molar-refractivity contribution in [2.75, 3.05) is 6.54 Å². The number of nitrogens with two attached hydrogens (primary N) is 1. The van der Waals surface area contributed by atoms with Gasteiger partial charge in [0.25, 0.3) is 0 Å². The Bertz CT molecular complexity index is 314. The minimum Gasteiger partial charge on any atom is -0.388 e. The van der Waals surface area contributed by atoms with Gasteiger partial charge in [0.15, 0.2) is 0 Å². The summed E-state index contributed by atoms with van der Waals surface area (Å²) in [5, 5.41) is 9.99. The van der Waals surface area contributed by atoms with Crippen molar-refractivity contribution in [3.8, 4) is 0 Å². The van der Waals surface area contributed by atoms with E-state index < -0.39 is 6.10 Å². The summed E-state index contributed by atoms with van der Waals surface area (Å²) < 4.78 is 0.987. The number of aliphatic hydroxyl groups excluding tert-OH is 1. The molecule has 1 rings (SSSR count). The average molecular weight is 258 g/mol. The van der Waals surface area contributed by atoms with Crippen molar-refractivity contribution >= 4 is 15.9 Å². The van der Waals surface area contributed by atoms with Crippen LogP contribution >= 0.6 is 15.9 Å². The zero-order chi connectivity index (χ0) is 10.7. The third-order valence-electron chi connectivity index (χ3n) is 2.47. The molecule has 78 valence electrons. The highest BCUT2D eigenvalue weighted by molar-refractivity contribution is 9.10. The topological polar surface area (TPSA) is 46.2 Å². The molecule has 3 heteroatoms. The van der Waals surface area contributed by atoms with Crippen molar-refractivity contribution in [1.82, 2.24) is 0 Å². The fraction of sp³-hybridized carbons (Fsp3) is 0.455. The van der Waals surface area contributed by atoms with Gasteiger partial charge in [-0.2, -0.15) is 0 Å². The van der Waals surface area contributed by atoms with E-state index in [0.29, 0.717) is 6.54 Å². The van der Waals surface area contributed by atoms with Gasteiger partial charge >= 0.3 is 0 Å². The highest BCUT2D eigenvalue weighted by atomic mass is 79.9. The van der Waals surface area contributed by atoms with E-state index in [4.69, 9.17) is 5.73 Å². The van der Waals surface area contributed by atoms with Crippen LogP contribution in [0.3, 0.4) is 0 Å². The monoisotopic (exact) mass is 257 g/mol. The largest absolute Gasteiger partial charge is 0.388 e. The normalized spacial score (nSPS) is 15.2. The van der Waals surface area contributed by atoms with Crippen molar-refractivity contribution in [2.24, 2.45) is 11.7 Å². The number of rotatable bonds is 3. The lowest BCUT2D eigenvalue weighted by Crippen LogP contribution is -2.19. The Morgan fingerprint density at radius 3 is 2.71 bits per heavy atom. The van der Waals surface area contributed by atoms with Crippen molar-refractivity contribution in [1.29, 1.82) is 0 Å². The smallest absolute Gasteiger partial charge is 0.0830 e. The SMILES string of the molecule is Cc1ccc(Br)cc1C(O)C(C)CN. The zero-order valence-corrected chi connectivity index (χ0v) is 10.1. The van der Waals surface area contributed by atoms with Crippen LogP contribution in [0.2, 0.25) is 0 Å². The molecule has 0 spiro atoms. The third kappa shape index (κ3) is 2.56. The molecule has 0 heterocycles. The van der Waals surface area contributed by atoms with Crippen LogP contribution < -0.4 is 5.73 Å². The van der Waals surface area contributed by atoms with E-state index in [1.165, 1.54) is 0 Å². The predicted molar refractivity (Wildman–Crippen MR) is 62.1 cm³/mol. The number of hydrogen-bond donors (Lipinski definition) is 2. The number of aryl methyl sites for hydroxylation is 1. The van der Waals surface area contributed by atoms with E-state index in [0.717, 1.165) is 15.6 Å². The highest BCUT2D eigenvalue weighted by Gasteiger charge is 2.16. The number of hydrogen-bond acceptors (Lipinski definition) is 2. The summed E-state index contributed by atoms with van der Waals surface area (Å²) >= 11 is 3.39. The van der Waals surface area contributed by atoms with E-state index in [1.807, 2.05) is 32.0 Å². The molecule has 0 saturated carbocycles. The van der Waals surface area contributed by atoms with Crippen LogP contribution in [0.1, 0.15) is 24.2 Å². The van der Waals surface area contributed by atoms with Crippen molar-refractivity contribution in [3.63, 3.8) is 0 Å². The summed E-state index contributed by atoms with van der Waals surface area (Å²) in [7, 11) is 0. The van der Waals surface area contributed by atoms with Gasteiger partial charge in [-0.15, -0.1) is 0 Å². The molecule has 14 heavy (non-hydrogen) atoms. The number of aliphatic hydroxyl groups is 1. The zero-order valence-electron chi connectivity index (χ0n) is 8.50. The van der Waals surface area contributed by atoms with Gasteiger partial charge in [0, 0.05) is 4.47 Å². The predicted octanol–water partition coefficient (Wildman–Crippen LogP) is 2.39. The summed E-state index contributed by atoms with van der Waals surface area (Å²) in [6.07, 6.45) is -0.475. The lowest BCUT2D eigenvalue weighted by Gasteiger charge is -2.19. The Hall–Kier alpha value is -0.380. The summed E-state index contributed by atoms with van der Waals surface area (Å²) in [5.41, 5.74) is 7.58. The van der Waals surface area contributed by atoms with Crippen LogP contribution in [-0.2, 0) is 0 Å². The van der Waals surface area contributed by atoms with Crippen LogP contribution in [0.15, 0.2) is 22.7 Å². The molecular weight excluding hydrogens is 242 g/mol. The fourth-order valence-corrected chi connectivity index (χ4v) is 1.74. The van der Waals surface area contributed by atoms with Crippen LogP contribution in [0.4, 0.5) is 0 Å². The first kappa shape index (κ1) is 11.7. The molecule has 3 N–H and O–H groups in total. The molecule has 0 aliphatic rings. The summed E-state index contributed by atoms with van der Waals surface area (Å²) in [6.45, 7) is 4.44. The minimum atomic E-state index is -0.475. The molecule has 0 fully saturated rings. The van der Waals surface area contributed by atoms with E-state index >= 15 is 0 Å². The molecule has 0 aromatic heterocycles. The fourth-order valence-electron chi connectivity index (χ4n) is 1.37.